The smallest absolute Gasteiger partial charge is 0.259 e. The summed E-state index contributed by atoms with van der Waals surface area (Å²) in [4.78, 5) is 32.1. The summed E-state index contributed by atoms with van der Waals surface area (Å²) in [7, 11) is 0. The molecule has 0 unspecified atom stereocenters. The van der Waals surface area contributed by atoms with E-state index in [1.54, 1.807) is 35.0 Å². The Balaban J connectivity index is 1.12. The molecule has 2 aromatic heterocycles. The summed E-state index contributed by atoms with van der Waals surface area (Å²) in [5.41, 5.74) is 2.59. The van der Waals surface area contributed by atoms with Gasteiger partial charge in [-0.25, -0.2) is 9.50 Å². The average molecular weight is 541 g/mol. The van der Waals surface area contributed by atoms with Crippen LogP contribution in [-0.4, -0.2) is 57.6 Å². The molecule has 6 rings (SSSR count). The van der Waals surface area contributed by atoms with Crippen molar-refractivity contribution in [3.63, 3.8) is 0 Å². The molecular weight excluding hydrogens is 508 g/mol. The van der Waals surface area contributed by atoms with Crippen LogP contribution in [0.15, 0.2) is 60.8 Å². The lowest BCUT2D eigenvalue weighted by atomic mass is 10.1. The SMILES string of the molecule is Cc1ccc(Oc2ccc3nc(NC(=O)C4CC4)cn3n2)cc1NC(=O)c1ccccc1OCCN1CCCC1. The van der Waals surface area contributed by atoms with Gasteiger partial charge in [-0.2, -0.15) is 0 Å². The van der Waals surface area contributed by atoms with Crippen molar-refractivity contribution in [2.45, 2.75) is 32.6 Å². The average Bonchev–Trinajstić information content (AvgIpc) is 3.54. The Morgan fingerprint density at radius 1 is 1.02 bits per heavy atom. The fourth-order valence-electron chi connectivity index (χ4n) is 4.73. The Morgan fingerprint density at radius 3 is 2.67 bits per heavy atom. The van der Waals surface area contributed by atoms with Crippen molar-refractivity contribution in [2.24, 2.45) is 5.92 Å². The number of amides is 2. The van der Waals surface area contributed by atoms with Gasteiger partial charge in [0.05, 0.1) is 11.8 Å². The predicted molar refractivity (Wildman–Crippen MR) is 151 cm³/mol. The molecular formula is C30H32N6O4. The van der Waals surface area contributed by atoms with Gasteiger partial charge >= 0.3 is 0 Å². The summed E-state index contributed by atoms with van der Waals surface area (Å²) in [6.45, 7) is 5.52. The van der Waals surface area contributed by atoms with Crippen LogP contribution < -0.4 is 20.1 Å². The number of benzene rings is 2. The predicted octanol–water partition coefficient (Wildman–Crippen LogP) is 4.91. The maximum atomic E-state index is 13.3. The van der Waals surface area contributed by atoms with Gasteiger partial charge in [0.2, 0.25) is 11.8 Å². The number of ether oxygens (including phenoxy) is 2. The van der Waals surface area contributed by atoms with Gasteiger partial charge in [-0.15, -0.1) is 5.10 Å². The van der Waals surface area contributed by atoms with E-state index >= 15 is 0 Å². The first-order valence-electron chi connectivity index (χ1n) is 13.7. The Hall–Kier alpha value is -4.44. The van der Waals surface area contributed by atoms with Crippen molar-refractivity contribution in [3.8, 4) is 17.4 Å². The van der Waals surface area contributed by atoms with E-state index in [1.807, 2.05) is 37.3 Å². The van der Waals surface area contributed by atoms with E-state index in [2.05, 4.69) is 25.6 Å². The molecule has 0 atom stereocenters. The number of aryl methyl sites for hydroxylation is 1. The molecule has 0 spiro atoms. The number of para-hydroxylation sites is 1. The van der Waals surface area contributed by atoms with Crippen LogP contribution in [0.3, 0.4) is 0 Å². The van der Waals surface area contributed by atoms with E-state index in [0.29, 0.717) is 46.7 Å². The molecule has 0 bridgehead atoms. The Labute approximate surface area is 232 Å². The van der Waals surface area contributed by atoms with Crippen LogP contribution >= 0.6 is 0 Å². The van der Waals surface area contributed by atoms with Gasteiger partial charge in [0.25, 0.3) is 5.91 Å². The maximum absolute atomic E-state index is 13.3. The Kier molecular flexibility index (Phi) is 7.33. The van der Waals surface area contributed by atoms with Gasteiger partial charge in [0.1, 0.15) is 18.1 Å². The van der Waals surface area contributed by atoms with Crippen LogP contribution in [0, 0.1) is 12.8 Å². The zero-order chi connectivity index (χ0) is 27.5. The second-order valence-corrected chi connectivity index (χ2v) is 10.3. The van der Waals surface area contributed by atoms with Crippen molar-refractivity contribution >= 4 is 29.0 Å². The highest BCUT2D eigenvalue weighted by molar-refractivity contribution is 6.06. The van der Waals surface area contributed by atoms with Crippen LogP contribution in [0.25, 0.3) is 5.65 Å². The normalized spacial score (nSPS) is 15.2. The Morgan fingerprint density at radius 2 is 1.85 bits per heavy atom. The molecule has 10 nitrogen and oxygen atoms in total. The van der Waals surface area contributed by atoms with Crippen molar-refractivity contribution in [2.75, 3.05) is 36.9 Å². The summed E-state index contributed by atoms with van der Waals surface area (Å²) in [5.74, 6) is 1.72. The molecule has 1 saturated carbocycles. The molecule has 2 N–H and O–H groups in total. The third-order valence-electron chi connectivity index (χ3n) is 7.17. The first-order chi connectivity index (χ1) is 19.5. The number of anilines is 2. The van der Waals surface area contributed by atoms with Gasteiger partial charge in [0, 0.05) is 30.3 Å². The van der Waals surface area contributed by atoms with E-state index in [4.69, 9.17) is 9.47 Å². The zero-order valence-electron chi connectivity index (χ0n) is 22.4. The minimum absolute atomic E-state index is 0.00891. The van der Waals surface area contributed by atoms with Gasteiger partial charge in [-0.1, -0.05) is 18.2 Å². The fourth-order valence-corrected chi connectivity index (χ4v) is 4.73. The molecule has 0 radical (unpaired) electrons. The Bertz CT molecular complexity index is 1540. The van der Waals surface area contributed by atoms with E-state index < -0.39 is 0 Å². The highest BCUT2D eigenvalue weighted by atomic mass is 16.5. The molecule has 206 valence electrons. The number of carbonyl (C=O) groups is 2. The molecule has 4 aromatic rings. The van der Waals surface area contributed by atoms with Crippen molar-refractivity contribution in [1.29, 1.82) is 0 Å². The number of nitrogens with zero attached hydrogens (tertiary/aromatic N) is 4. The van der Waals surface area contributed by atoms with Crippen molar-refractivity contribution < 1.29 is 19.1 Å². The number of carbonyl (C=O) groups excluding carboxylic acids is 2. The second kappa shape index (κ2) is 11.4. The van der Waals surface area contributed by atoms with E-state index in [9.17, 15) is 9.59 Å². The van der Waals surface area contributed by atoms with Gasteiger partial charge in [-0.05, 0) is 75.5 Å². The standard InChI is InChI=1S/C30H32N6O4/c1-20-8-11-22(40-28-13-12-27-32-26(19-36(27)34-28)33-29(37)21-9-10-21)18-24(20)31-30(38)23-6-2-3-7-25(23)39-17-16-35-14-4-5-15-35/h2-3,6-8,11-13,18-19,21H,4-5,9-10,14-17H2,1H3,(H,31,38)(H,33,37). The van der Waals surface area contributed by atoms with Crippen molar-refractivity contribution in [3.05, 3.63) is 71.9 Å². The number of nitrogens with one attached hydrogen (secondary N) is 2. The van der Waals surface area contributed by atoms with Crippen LogP contribution in [-0.2, 0) is 4.79 Å². The van der Waals surface area contributed by atoms with Crippen LogP contribution in [0.4, 0.5) is 11.5 Å². The van der Waals surface area contributed by atoms with Gasteiger partial charge in [-0.3, -0.25) is 14.5 Å². The highest BCUT2D eigenvalue weighted by Crippen LogP contribution is 2.30. The van der Waals surface area contributed by atoms with Gasteiger partial charge in [0.15, 0.2) is 11.5 Å². The topological polar surface area (TPSA) is 110 Å². The number of likely N-dealkylation sites (tertiary alicyclic amines) is 1. The molecule has 2 aromatic carbocycles. The first-order valence-corrected chi connectivity index (χ1v) is 13.7. The molecule has 1 aliphatic heterocycles. The minimum atomic E-state index is -0.254. The number of fused-ring (bicyclic) bond motifs is 1. The number of hydrogen-bond donors (Lipinski definition) is 2. The third-order valence-corrected chi connectivity index (χ3v) is 7.17. The largest absolute Gasteiger partial charge is 0.491 e. The zero-order valence-corrected chi connectivity index (χ0v) is 22.4. The first kappa shape index (κ1) is 25.8. The molecule has 2 aliphatic rings. The molecule has 2 fully saturated rings. The quantitative estimate of drug-likeness (QED) is 0.294. The molecule has 1 saturated heterocycles. The van der Waals surface area contributed by atoms with Crippen LogP contribution in [0.2, 0.25) is 0 Å². The summed E-state index contributed by atoms with van der Waals surface area (Å²) in [5, 5.41) is 10.3. The number of hydrogen-bond acceptors (Lipinski definition) is 7. The third kappa shape index (κ3) is 6.07. The molecule has 40 heavy (non-hydrogen) atoms. The second-order valence-electron chi connectivity index (χ2n) is 10.3. The van der Waals surface area contributed by atoms with E-state index in [1.165, 1.54) is 12.8 Å². The fraction of sp³-hybridized carbons (Fsp3) is 0.333. The highest BCUT2D eigenvalue weighted by Gasteiger charge is 2.30. The van der Waals surface area contributed by atoms with Gasteiger partial charge < -0.3 is 20.1 Å². The molecule has 10 heteroatoms. The van der Waals surface area contributed by atoms with Crippen molar-refractivity contribution in [1.82, 2.24) is 19.5 Å². The number of rotatable bonds is 10. The number of aromatic nitrogens is 3. The maximum Gasteiger partial charge on any atom is 0.259 e. The molecule has 3 heterocycles. The molecule has 2 amide bonds. The van der Waals surface area contributed by atoms with Crippen LogP contribution in [0.1, 0.15) is 41.6 Å². The molecule has 1 aliphatic carbocycles. The van der Waals surface area contributed by atoms with Crippen LogP contribution in [0.5, 0.6) is 17.4 Å². The monoisotopic (exact) mass is 540 g/mol. The number of imidazole rings is 1. The summed E-state index contributed by atoms with van der Waals surface area (Å²) in [6, 6.07) is 16.2. The lowest BCUT2D eigenvalue weighted by molar-refractivity contribution is -0.117. The van der Waals surface area contributed by atoms with E-state index in [0.717, 1.165) is 38.0 Å². The lowest BCUT2D eigenvalue weighted by Crippen LogP contribution is -2.25. The summed E-state index contributed by atoms with van der Waals surface area (Å²) >= 11 is 0. The summed E-state index contributed by atoms with van der Waals surface area (Å²) < 4.78 is 13.6. The lowest BCUT2D eigenvalue weighted by Gasteiger charge is -2.17. The summed E-state index contributed by atoms with van der Waals surface area (Å²) in [6.07, 6.45) is 5.97. The minimum Gasteiger partial charge on any atom is -0.491 e. The van der Waals surface area contributed by atoms with E-state index in [-0.39, 0.29) is 17.7 Å².